The monoisotopic (exact) mass is 512 g/mol. The Balaban J connectivity index is 1.36. The van der Waals surface area contributed by atoms with Gasteiger partial charge in [0.2, 0.25) is 11.6 Å². The second-order valence-corrected chi connectivity index (χ2v) is 8.19. The summed E-state index contributed by atoms with van der Waals surface area (Å²) in [7, 11) is 0. The highest BCUT2D eigenvalue weighted by Crippen LogP contribution is 2.26. The Bertz CT molecular complexity index is 1590. The third kappa shape index (κ3) is 5.23. The summed E-state index contributed by atoms with van der Waals surface area (Å²) in [6.45, 7) is 2.18. The second kappa shape index (κ2) is 10.7. The largest absolute Gasteiger partial charge is 0.488 e. The van der Waals surface area contributed by atoms with Gasteiger partial charge in [-0.15, -0.1) is 5.10 Å². The highest BCUT2D eigenvalue weighted by atomic mass is 19.1. The van der Waals surface area contributed by atoms with Crippen molar-refractivity contribution in [2.45, 2.75) is 13.5 Å². The number of benzene rings is 3. The predicted molar refractivity (Wildman–Crippen MR) is 136 cm³/mol. The summed E-state index contributed by atoms with van der Waals surface area (Å²) in [6.07, 6.45) is 1.45. The van der Waals surface area contributed by atoms with E-state index in [0.717, 1.165) is 11.1 Å². The fourth-order valence-electron chi connectivity index (χ4n) is 3.57. The molecule has 5 aromatic rings. The molecule has 0 unspecified atom stereocenters. The van der Waals surface area contributed by atoms with Crippen molar-refractivity contribution in [3.8, 4) is 22.8 Å². The molecule has 0 fully saturated rings. The number of nitrogens with two attached hydrogens (primary N) is 1. The highest BCUT2D eigenvalue weighted by molar-refractivity contribution is 5.99. The van der Waals surface area contributed by atoms with Crippen LogP contribution in [-0.4, -0.2) is 37.4 Å². The number of aryl methyl sites for hydroxylation is 1. The topological polar surface area (TPSA) is 146 Å². The first-order valence-corrected chi connectivity index (χ1v) is 11.4. The molecule has 0 bridgehead atoms. The molecule has 2 aromatic heterocycles. The zero-order valence-electron chi connectivity index (χ0n) is 20.1. The van der Waals surface area contributed by atoms with Crippen molar-refractivity contribution in [1.29, 1.82) is 0 Å². The van der Waals surface area contributed by atoms with Crippen molar-refractivity contribution in [2.24, 2.45) is 5.10 Å². The molecule has 3 aromatic carbocycles. The number of hydrogen-bond acceptors (Lipinski definition) is 9. The number of carbonyl (C=O) groups is 1. The van der Waals surface area contributed by atoms with Gasteiger partial charge in [0, 0.05) is 11.1 Å². The van der Waals surface area contributed by atoms with E-state index in [-0.39, 0.29) is 29.8 Å². The number of hydrogen-bond donors (Lipinski definition) is 2. The van der Waals surface area contributed by atoms with Crippen molar-refractivity contribution >= 4 is 17.9 Å². The fourth-order valence-corrected chi connectivity index (χ4v) is 3.57. The molecule has 190 valence electrons. The number of rotatable bonds is 8. The van der Waals surface area contributed by atoms with Crippen LogP contribution in [0.1, 0.15) is 27.2 Å². The van der Waals surface area contributed by atoms with E-state index >= 15 is 0 Å². The number of nitrogens with zero attached hydrogens (tertiary/aromatic N) is 6. The lowest BCUT2D eigenvalue weighted by molar-refractivity contribution is 0.0950. The maximum atomic E-state index is 13.2. The summed E-state index contributed by atoms with van der Waals surface area (Å²) in [6, 6.07) is 20.6. The van der Waals surface area contributed by atoms with E-state index in [4.69, 9.17) is 15.1 Å². The quantitative estimate of drug-likeness (QED) is 0.236. The van der Waals surface area contributed by atoms with Crippen LogP contribution in [0.5, 0.6) is 5.75 Å². The number of carbonyl (C=O) groups excluding carboxylic acids is 1. The molecule has 0 aliphatic carbocycles. The van der Waals surface area contributed by atoms with Gasteiger partial charge in [-0.05, 0) is 47.1 Å². The fraction of sp³-hybridized carbons (Fsp3) is 0.0769. The number of hydrazone groups is 1. The third-order valence-corrected chi connectivity index (χ3v) is 5.50. The van der Waals surface area contributed by atoms with Crippen LogP contribution in [0.15, 0.2) is 82.5 Å². The zero-order valence-corrected chi connectivity index (χ0v) is 20.1. The minimum absolute atomic E-state index is 0.00533. The summed E-state index contributed by atoms with van der Waals surface area (Å²) >= 11 is 0. The Hall–Kier alpha value is -5.39. The van der Waals surface area contributed by atoms with Gasteiger partial charge in [-0.25, -0.2) is 14.4 Å². The Labute approximate surface area is 215 Å². The lowest BCUT2D eigenvalue weighted by atomic mass is 10.1. The van der Waals surface area contributed by atoms with Gasteiger partial charge in [0.25, 0.3) is 5.91 Å². The van der Waals surface area contributed by atoms with Crippen LogP contribution in [0.4, 0.5) is 10.2 Å². The van der Waals surface area contributed by atoms with Crippen LogP contribution < -0.4 is 15.9 Å². The summed E-state index contributed by atoms with van der Waals surface area (Å²) < 4.78 is 25.0. The summed E-state index contributed by atoms with van der Waals surface area (Å²) in [5.41, 5.74) is 11.8. The summed E-state index contributed by atoms with van der Waals surface area (Å²) in [4.78, 5) is 13.1. The average Bonchev–Trinajstić information content (AvgIpc) is 3.55. The van der Waals surface area contributed by atoms with Gasteiger partial charge in [-0.2, -0.15) is 9.78 Å². The molecule has 11 nitrogen and oxygen atoms in total. The van der Waals surface area contributed by atoms with Crippen LogP contribution in [-0.2, 0) is 6.61 Å². The lowest BCUT2D eigenvalue weighted by Crippen LogP contribution is -2.19. The molecule has 0 atom stereocenters. The van der Waals surface area contributed by atoms with E-state index in [1.165, 1.54) is 23.0 Å². The Morgan fingerprint density at radius 1 is 1.11 bits per heavy atom. The van der Waals surface area contributed by atoms with Crippen molar-refractivity contribution in [3.63, 3.8) is 0 Å². The normalized spacial score (nSPS) is 11.1. The minimum Gasteiger partial charge on any atom is -0.488 e. The van der Waals surface area contributed by atoms with Crippen LogP contribution in [0.25, 0.3) is 17.1 Å². The van der Waals surface area contributed by atoms with E-state index in [2.05, 4.69) is 31.2 Å². The van der Waals surface area contributed by atoms with Gasteiger partial charge >= 0.3 is 0 Å². The molecule has 2 heterocycles. The number of para-hydroxylation sites is 1. The van der Waals surface area contributed by atoms with Gasteiger partial charge in [0.05, 0.1) is 6.21 Å². The van der Waals surface area contributed by atoms with Crippen LogP contribution in [0.3, 0.4) is 0 Å². The molecule has 38 heavy (non-hydrogen) atoms. The van der Waals surface area contributed by atoms with Gasteiger partial charge in [0.15, 0.2) is 5.69 Å². The molecular weight excluding hydrogens is 491 g/mol. The van der Waals surface area contributed by atoms with E-state index in [9.17, 15) is 9.18 Å². The van der Waals surface area contributed by atoms with E-state index in [1.807, 2.05) is 43.3 Å². The molecule has 5 rings (SSSR count). The van der Waals surface area contributed by atoms with Gasteiger partial charge in [-0.1, -0.05) is 59.3 Å². The predicted octanol–water partition coefficient (Wildman–Crippen LogP) is 3.69. The molecule has 3 N–H and O–H groups in total. The highest BCUT2D eigenvalue weighted by Gasteiger charge is 2.25. The van der Waals surface area contributed by atoms with Crippen LogP contribution in [0, 0.1) is 12.7 Å². The van der Waals surface area contributed by atoms with Crippen molar-refractivity contribution in [2.75, 3.05) is 5.73 Å². The maximum absolute atomic E-state index is 13.2. The number of nitrogen functional groups attached to an aromatic ring is 1. The van der Waals surface area contributed by atoms with Crippen molar-refractivity contribution in [1.82, 2.24) is 30.7 Å². The molecule has 12 heteroatoms. The average molecular weight is 513 g/mol. The molecule has 1 amide bonds. The number of ether oxygens (including phenoxy) is 1. The third-order valence-electron chi connectivity index (χ3n) is 5.50. The summed E-state index contributed by atoms with van der Waals surface area (Å²) in [5, 5.41) is 19.5. The molecule has 0 spiro atoms. The minimum atomic E-state index is -0.609. The van der Waals surface area contributed by atoms with Crippen molar-refractivity contribution in [3.05, 3.63) is 101 Å². The summed E-state index contributed by atoms with van der Waals surface area (Å²) in [5.74, 6) is -0.296. The SMILES string of the molecule is Cc1ccc(-c2c(C(=O)N/N=C\c3ccccc3OCc3ccc(F)cc3)nnn2-c2nonc2N)cc1. The number of halogens is 1. The van der Waals surface area contributed by atoms with Crippen LogP contribution >= 0.6 is 0 Å². The van der Waals surface area contributed by atoms with Gasteiger partial charge in [-0.3, -0.25) is 4.79 Å². The lowest BCUT2D eigenvalue weighted by Gasteiger charge is -2.09. The Morgan fingerprint density at radius 2 is 1.87 bits per heavy atom. The number of aromatic nitrogens is 5. The van der Waals surface area contributed by atoms with E-state index in [1.54, 1.807) is 24.3 Å². The van der Waals surface area contributed by atoms with Crippen molar-refractivity contribution < 1.29 is 18.6 Å². The van der Waals surface area contributed by atoms with E-state index in [0.29, 0.717) is 22.6 Å². The molecule has 0 saturated heterocycles. The second-order valence-electron chi connectivity index (χ2n) is 8.19. The Kier molecular flexibility index (Phi) is 6.85. The first kappa shape index (κ1) is 24.3. The number of anilines is 1. The zero-order chi connectivity index (χ0) is 26.5. The number of amides is 1. The smallest absolute Gasteiger partial charge is 0.294 e. The molecular formula is C26H21FN8O3. The van der Waals surface area contributed by atoms with Crippen LogP contribution in [0.2, 0.25) is 0 Å². The molecule has 0 aliphatic rings. The standard InChI is InChI=1S/C26H21FN8O3/c1-16-6-10-18(11-7-16)23-22(30-34-35(23)25-24(28)32-38-33-25)26(36)31-29-14-19-4-2-3-5-21(19)37-15-17-8-12-20(27)13-9-17/h2-14H,15H2,1H3,(H2,28,32)(H,31,36)/b29-14-. The maximum Gasteiger partial charge on any atom is 0.294 e. The first-order chi connectivity index (χ1) is 18.5. The molecule has 0 saturated carbocycles. The van der Waals surface area contributed by atoms with Gasteiger partial charge in [0.1, 0.15) is 23.9 Å². The first-order valence-electron chi connectivity index (χ1n) is 11.4. The van der Waals surface area contributed by atoms with E-state index < -0.39 is 5.91 Å². The Morgan fingerprint density at radius 3 is 2.61 bits per heavy atom. The number of nitrogens with one attached hydrogen (secondary N) is 1. The van der Waals surface area contributed by atoms with Gasteiger partial charge < -0.3 is 10.5 Å². The molecule has 0 aliphatic heterocycles. The molecule has 0 radical (unpaired) electrons.